The monoisotopic (exact) mass is 120 g/mol. The molecule has 0 fully saturated rings. The predicted molar refractivity (Wildman–Crippen MR) is 39.5 cm³/mol. The first-order valence-corrected chi connectivity index (χ1v) is 2.41. The summed E-state index contributed by atoms with van der Waals surface area (Å²) >= 11 is 0. The molecule has 0 nitrogen and oxygen atoms in total. The van der Waals surface area contributed by atoms with Crippen LogP contribution in [0.2, 0.25) is 0 Å². The average Bonchev–Trinajstić information content (AvgIpc) is 1.41. The van der Waals surface area contributed by atoms with Gasteiger partial charge in [0.1, 0.15) is 0 Å². The third-order valence-corrected chi connectivity index (χ3v) is 0.707. The van der Waals surface area contributed by atoms with Crippen molar-refractivity contribution in [1.29, 1.82) is 0 Å². The predicted octanol–water partition coefficient (Wildman–Crippen LogP) is 0.899. The summed E-state index contributed by atoms with van der Waals surface area (Å²) in [4.78, 5) is 0. The fourth-order valence-electron chi connectivity index (χ4n) is 0.354. The molecule has 0 unspecified atom stereocenters. The third kappa shape index (κ3) is 18.0. The molecule has 0 amide bonds. The minimum absolute atomic E-state index is 0. The van der Waals surface area contributed by atoms with Gasteiger partial charge in [-0.25, -0.2) is 0 Å². The Hall–Kier alpha value is 2.00. The zero-order valence-electron chi connectivity index (χ0n) is 4.12. The van der Waals surface area contributed by atoms with E-state index in [0.717, 1.165) is 0 Å². The maximum atomic E-state index is 2.21. The van der Waals surface area contributed by atoms with E-state index in [-0.39, 0.29) is 59.1 Å². The van der Waals surface area contributed by atoms with Crippen LogP contribution >= 0.6 is 0 Å². The van der Waals surface area contributed by atoms with Gasteiger partial charge < -0.3 is 0 Å². The first kappa shape index (κ1) is 16.0. The second kappa shape index (κ2) is 15.7. The molecule has 0 saturated heterocycles. The molecule has 36 valence electrons. The second-order valence-corrected chi connectivity index (χ2v) is 1.35. The van der Waals surface area contributed by atoms with Crippen LogP contribution in [0.5, 0.6) is 0 Å². The van der Waals surface area contributed by atoms with Gasteiger partial charge in [-0.05, 0) is 0 Å². The molecule has 2 heteroatoms. The summed E-state index contributed by atoms with van der Waals surface area (Å²) in [7, 11) is 0. The van der Waals surface area contributed by atoms with Gasteiger partial charge in [0.25, 0.3) is 0 Å². The first-order chi connectivity index (χ1) is 2.41. The average molecular weight is 120 g/mol. The molecule has 0 saturated carbocycles. The molecular weight excluding hydrogens is 106 g/mol. The Morgan fingerprint density at radius 3 is 1.14 bits per heavy atom. The van der Waals surface area contributed by atoms with E-state index in [2.05, 4.69) is 13.8 Å². The van der Waals surface area contributed by atoms with Crippen LogP contribution in [0.3, 0.4) is 0 Å². The normalized spacial score (nSPS) is 6.00. The van der Waals surface area contributed by atoms with Crippen LogP contribution < -0.4 is 0 Å². The summed E-state index contributed by atoms with van der Waals surface area (Å²) in [5.41, 5.74) is 0. The first-order valence-electron chi connectivity index (χ1n) is 2.41. The van der Waals surface area contributed by atoms with Crippen molar-refractivity contribution < 1.29 is 0 Å². The molecule has 0 N–H and O–H groups in total. The Balaban J connectivity index is -0.0000000800. The molecule has 0 aromatic rings. The van der Waals surface area contributed by atoms with Crippen LogP contribution in [0.4, 0.5) is 0 Å². The molecule has 0 aromatic carbocycles. The van der Waals surface area contributed by atoms with E-state index in [4.69, 9.17) is 0 Å². The number of unbranched alkanes of at least 4 members (excludes halogenated alkanes) is 2. The molecule has 7 heavy (non-hydrogen) atoms. The molecule has 0 rings (SSSR count). The van der Waals surface area contributed by atoms with Crippen molar-refractivity contribution in [2.75, 3.05) is 0 Å². The summed E-state index contributed by atoms with van der Waals surface area (Å²) in [5, 5.41) is 0. The summed E-state index contributed by atoms with van der Waals surface area (Å²) < 4.78 is 0. The van der Waals surface area contributed by atoms with Crippen LogP contribution in [0.25, 0.3) is 0 Å². The van der Waals surface area contributed by atoms with E-state index >= 15 is 0 Å². The molecular formula is C5H14Na2. The fourth-order valence-corrected chi connectivity index (χ4v) is 0.354. The van der Waals surface area contributed by atoms with Crippen molar-refractivity contribution >= 4 is 59.1 Å². The van der Waals surface area contributed by atoms with E-state index in [1.165, 1.54) is 19.3 Å². The fraction of sp³-hybridized carbons (Fsp3) is 1.00. The van der Waals surface area contributed by atoms with Gasteiger partial charge in [0, 0.05) is 0 Å². The van der Waals surface area contributed by atoms with Crippen LogP contribution in [-0.4, -0.2) is 59.1 Å². The van der Waals surface area contributed by atoms with E-state index < -0.39 is 0 Å². The molecule has 0 heterocycles. The Bertz CT molecular complexity index is 13.6. The number of hydrogen-bond donors (Lipinski definition) is 0. The van der Waals surface area contributed by atoms with Crippen molar-refractivity contribution in [3.05, 3.63) is 0 Å². The van der Waals surface area contributed by atoms with Crippen molar-refractivity contribution in [1.82, 2.24) is 0 Å². The third-order valence-electron chi connectivity index (χ3n) is 0.707. The van der Waals surface area contributed by atoms with Crippen LogP contribution in [0, 0.1) is 0 Å². The van der Waals surface area contributed by atoms with Crippen molar-refractivity contribution in [3.63, 3.8) is 0 Å². The van der Waals surface area contributed by atoms with Gasteiger partial charge in [-0.2, -0.15) is 0 Å². The van der Waals surface area contributed by atoms with Gasteiger partial charge >= 0.3 is 59.1 Å². The minimum atomic E-state index is 0. The van der Waals surface area contributed by atoms with Gasteiger partial charge in [0.2, 0.25) is 0 Å². The van der Waals surface area contributed by atoms with Gasteiger partial charge in [-0.1, -0.05) is 33.1 Å². The molecule has 0 spiro atoms. The summed E-state index contributed by atoms with van der Waals surface area (Å²) in [6.45, 7) is 4.42. The summed E-state index contributed by atoms with van der Waals surface area (Å²) in [5.74, 6) is 0. The Morgan fingerprint density at radius 1 is 0.857 bits per heavy atom. The van der Waals surface area contributed by atoms with Crippen molar-refractivity contribution in [3.8, 4) is 0 Å². The molecule has 0 aliphatic heterocycles. The SMILES string of the molecule is CCCCC.[NaH].[NaH]. The van der Waals surface area contributed by atoms with Crippen molar-refractivity contribution in [2.24, 2.45) is 0 Å². The van der Waals surface area contributed by atoms with Crippen LogP contribution in [0.15, 0.2) is 0 Å². The van der Waals surface area contributed by atoms with E-state index in [9.17, 15) is 0 Å². The van der Waals surface area contributed by atoms with E-state index in [1.54, 1.807) is 0 Å². The Kier molecular flexibility index (Phi) is 35.8. The van der Waals surface area contributed by atoms with Crippen LogP contribution in [-0.2, 0) is 0 Å². The van der Waals surface area contributed by atoms with E-state index in [0.29, 0.717) is 0 Å². The second-order valence-electron chi connectivity index (χ2n) is 1.35. The molecule has 0 radical (unpaired) electrons. The quantitative estimate of drug-likeness (QED) is 0.475. The Morgan fingerprint density at radius 2 is 1.14 bits per heavy atom. The number of hydrogen-bond acceptors (Lipinski definition) is 0. The summed E-state index contributed by atoms with van der Waals surface area (Å²) in [6, 6.07) is 0. The van der Waals surface area contributed by atoms with Gasteiger partial charge in [0.05, 0.1) is 0 Å². The topological polar surface area (TPSA) is 0 Å². The molecule has 0 atom stereocenters. The van der Waals surface area contributed by atoms with Gasteiger partial charge in [0.15, 0.2) is 0 Å². The maximum absolute atomic E-state index is 2.21. The standard InChI is InChI=1S/C5H12.2Na.2H/c1-3-5-4-2;;;;/h3-5H2,1-2H3;;;;. The molecule has 0 bridgehead atoms. The number of rotatable bonds is 2. The van der Waals surface area contributed by atoms with Crippen molar-refractivity contribution in [2.45, 2.75) is 33.1 Å². The van der Waals surface area contributed by atoms with E-state index in [1.807, 2.05) is 0 Å². The van der Waals surface area contributed by atoms with Gasteiger partial charge in [-0.15, -0.1) is 0 Å². The molecule has 0 aromatic heterocycles. The summed E-state index contributed by atoms with van der Waals surface area (Å²) in [6.07, 6.45) is 4.08. The van der Waals surface area contributed by atoms with Crippen LogP contribution in [0.1, 0.15) is 33.1 Å². The molecule has 0 aliphatic carbocycles. The zero-order valence-corrected chi connectivity index (χ0v) is 4.12. The zero-order chi connectivity index (χ0) is 4.12. The molecule has 0 aliphatic rings. The van der Waals surface area contributed by atoms with Gasteiger partial charge in [-0.3, -0.25) is 0 Å². The Labute approximate surface area is 91.0 Å².